The molecule has 0 amide bonds. The third kappa shape index (κ3) is 1.51. The average Bonchev–Trinajstić information content (AvgIpc) is 2.40. The van der Waals surface area contributed by atoms with Crippen LogP contribution in [0.3, 0.4) is 0 Å². The molecule has 0 unspecified atom stereocenters. The molecule has 0 aliphatic rings. The Balaban J connectivity index is 3.07. The van der Waals surface area contributed by atoms with E-state index < -0.39 is 15.5 Å². The standard InChI is InChI=1S/C8H10N4O3S/c1-4-6(16(3,14)15)7-9-5(2)10-8(13)12(7)11-4/h1-3H3,(H,9,10,13). The highest BCUT2D eigenvalue weighted by Gasteiger charge is 2.21. The molecular weight excluding hydrogens is 232 g/mol. The molecule has 0 aliphatic heterocycles. The Morgan fingerprint density at radius 3 is 2.50 bits per heavy atom. The number of aromatic amines is 1. The van der Waals surface area contributed by atoms with Crippen LogP contribution >= 0.6 is 0 Å². The van der Waals surface area contributed by atoms with Gasteiger partial charge in [0, 0.05) is 6.26 Å². The molecule has 0 saturated heterocycles. The second kappa shape index (κ2) is 3.14. The topological polar surface area (TPSA) is 97.2 Å². The third-order valence-electron chi connectivity index (χ3n) is 2.11. The molecule has 0 radical (unpaired) electrons. The average molecular weight is 242 g/mol. The zero-order chi connectivity index (χ0) is 12.1. The van der Waals surface area contributed by atoms with Gasteiger partial charge in [-0.05, 0) is 13.8 Å². The van der Waals surface area contributed by atoms with Gasteiger partial charge < -0.3 is 0 Å². The van der Waals surface area contributed by atoms with E-state index in [-0.39, 0.29) is 16.2 Å². The largest absolute Gasteiger partial charge is 0.349 e. The number of fused-ring (bicyclic) bond motifs is 1. The van der Waals surface area contributed by atoms with Gasteiger partial charge in [-0.15, -0.1) is 0 Å². The number of nitrogens with zero attached hydrogens (tertiary/aromatic N) is 3. The van der Waals surface area contributed by atoms with Crippen LogP contribution in [-0.4, -0.2) is 34.3 Å². The molecule has 1 N–H and O–H groups in total. The van der Waals surface area contributed by atoms with Gasteiger partial charge in [-0.3, -0.25) is 4.98 Å². The first-order valence-corrected chi connectivity index (χ1v) is 6.36. The van der Waals surface area contributed by atoms with E-state index in [1.165, 1.54) is 6.92 Å². The Bertz CT molecular complexity index is 726. The molecule has 86 valence electrons. The fourth-order valence-electron chi connectivity index (χ4n) is 1.57. The zero-order valence-electron chi connectivity index (χ0n) is 8.97. The van der Waals surface area contributed by atoms with Crippen LogP contribution in [0.2, 0.25) is 0 Å². The maximum absolute atomic E-state index is 11.5. The van der Waals surface area contributed by atoms with Crippen LogP contribution < -0.4 is 5.69 Å². The van der Waals surface area contributed by atoms with E-state index >= 15 is 0 Å². The summed E-state index contributed by atoms with van der Waals surface area (Å²) in [6, 6.07) is 0. The summed E-state index contributed by atoms with van der Waals surface area (Å²) in [6.07, 6.45) is 1.06. The summed E-state index contributed by atoms with van der Waals surface area (Å²) >= 11 is 0. The summed E-state index contributed by atoms with van der Waals surface area (Å²) in [5.74, 6) is 0.349. The number of aryl methyl sites for hydroxylation is 2. The molecule has 2 aromatic heterocycles. The first-order valence-electron chi connectivity index (χ1n) is 4.47. The molecule has 0 spiro atoms. The molecule has 16 heavy (non-hydrogen) atoms. The summed E-state index contributed by atoms with van der Waals surface area (Å²) < 4.78 is 24.0. The van der Waals surface area contributed by atoms with Gasteiger partial charge in [-0.25, -0.2) is 18.2 Å². The van der Waals surface area contributed by atoms with Gasteiger partial charge in [0.15, 0.2) is 15.5 Å². The lowest BCUT2D eigenvalue weighted by Gasteiger charge is -1.97. The van der Waals surface area contributed by atoms with Crippen LogP contribution in [0.5, 0.6) is 0 Å². The minimum Gasteiger partial charge on any atom is -0.294 e. The van der Waals surface area contributed by atoms with Crippen LogP contribution in [0, 0.1) is 13.8 Å². The van der Waals surface area contributed by atoms with Crippen LogP contribution in [-0.2, 0) is 9.84 Å². The van der Waals surface area contributed by atoms with Crippen molar-refractivity contribution in [3.05, 3.63) is 22.0 Å². The van der Waals surface area contributed by atoms with Gasteiger partial charge in [0.05, 0.1) is 5.69 Å². The van der Waals surface area contributed by atoms with Crippen LogP contribution in [0.4, 0.5) is 0 Å². The van der Waals surface area contributed by atoms with E-state index in [1.54, 1.807) is 6.92 Å². The van der Waals surface area contributed by atoms with Crippen molar-refractivity contribution in [2.75, 3.05) is 6.26 Å². The van der Waals surface area contributed by atoms with E-state index in [1.807, 2.05) is 0 Å². The van der Waals surface area contributed by atoms with Gasteiger partial charge in [0.2, 0.25) is 0 Å². The maximum Gasteiger partial charge on any atom is 0.349 e. The summed E-state index contributed by atoms with van der Waals surface area (Å²) in [5, 5.41) is 3.85. The van der Waals surface area contributed by atoms with Crippen molar-refractivity contribution in [3.8, 4) is 0 Å². The van der Waals surface area contributed by atoms with Crippen molar-refractivity contribution < 1.29 is 8.42 Å². The Labute approximate surface area is 91.1 Å². The molecule has 7 nitrogen and oxygen atoms in total. The van der Waals surface area contributed by atoms with Crippen LogP contribution in [0.15, 0.2) is 9.69 Å². The Hall–Kier alpha value is -1.70. The highest BCUT2D eigenvalue weighted by molar-refractivity contribution is 7.91. The molecular formula is C8H10N4O3S. The molecule has 0 atom stereocenters. The number of hydrogen-bond donors (Lipinski definition) is 1. The summed E-state index contributed by atoms with van der Waals surface area (Å²) in [6.45, 7) is 3.11. The number of nitrogens with one attached hydrogen (secondary N) is 1. The highest BCUT2D eigenvalue weighted by Crippen LogP contribution is 2.17. The number of H-pyrrole nitrogens is 1. The Morgan fingerprint density at radius 1 is 1.31 bits per heavy atom. The van der Waals surface area contributed by atoms with Crippen LogP contribution in [0.25, 0.3) is 5.65 Å². The molecule has 2 rings (SSSR count). The van der Waals surface area contributed by atoms with E-state index in [2.05, 4.69) is 15.1 Å². The van der Waals surface area contributed by atoms with Gasteiger partial charge in [0.25, 0.3) is 0 Å². The number of aromatic nitrogens is 4. The minimum atomic E-state index is -3.45. The lowest BCUT2D eigenvalue weighted by molar-refractivity contribution is 0.602. The molecule has 0 fully saturated rings. The van der Waals surface area contributed by atoms with Crippen molar-refractivity contribution in [3.63, 3.8) is 0 Å². The van der Waals surface area contributed by atoms with E-state index in [9.17, 15) is 13.2 Å². The van der Waals surface area contributed by atoms with Gasteiger partial charge in [0.1, 0.15) is 10.7 Å². The number of rotatable bonds is 1. The zero-order valence-corrected chi connectivity index (χ0v) is 9.79. The second-order valence-electron chi connectivity index (χ2n) is 3.55. The SMILES string of the molecule is Cc1nc2c(S(C)(=O)=O)c(C)nn2c(=O)[nH]1. The predicted molar refractivity (Wildman–Crippen MR) is 56.2 cm³/mol. The number of hydrogen-bond acceptors (Lipinski definition) is 5. The molecule has 0 bridgehead atoms. The predicted octanol–water partition coefficient (Wildman–Crippen LogP) is -0.562. The lowest BCUT2D eigenvalue weighted by Crippen LogP contribution is -2.20. The molecule has 8 heteroatoms. The summed E-state index contributed by atoms with van der Waals surface area (Å²) in [7, 11) is -3.45. The smallest absolute Gasteiger partial charge is 0.294 e. The van der Waals surface area contributed by atoms with Gasteiger partial charge in [-0.2, -0.15) is 9.61 Å². The fraction of sp³-hybridized carbons (Fsp3) is 0.375. The normalized spacial score (nSPS) is 12.2. The summed E-state index contributed by atoms with van der Waals surface area (Å²) in [5.41, 5.74) is -0.159. The Kier molecular flexibility index (Phi) is 2.12. The van der Waals surface area contributed by atoms with Gasteiger partial charge >= 0.3 is 5.69 Å². The van der Waals surface area contributed by atoms with Crippen molar-refractivity contribution in [1.82, 2.24) is 19.6 Å². The Morgan fingerprint density at radius 2 is 1.94 bits per heavy atom. The van der Waals surface area contributed by atoms with Crippen molar-refractivity contribution in [1.29, 1.82) is 0 Å². The third-order valence-corrected chi connectivity index (χ3v) is 3.33. The van der Waals surface area contributed by atoms with E-state index in [4.69, 9.17) is 0 Å². The highest BCUT2D eigenvalue weighted by atomic mass is 32.2. The van der Waals surface area contributed by atoms with Gasteiger partial charge in [-0.1, -0.05) is 0 Å². The second-order valence-corrected chi connectivity index (χ2v) is 5.50. The van der Waals surface area contributed by atoms with E-state index in [0.717, 1.165) is 10.8 Å². The number of sulfone groups is 1. The maximum atomic E-state index is 11.5. The van der Waals surface area contributed by atoms with Crippen LogP contribution in [0.1, 0.15) is 11.5 Å². The monoisotopic (exact) mass is 242 g/mol. The molecule has 2 heterocycles. The van der Waals surface area contributed by atoms with Crippen molar-refractivity contribution in [2.45, 2.75) is 18.7 Å². The fourth-order valence-corrected chi connectivity index (χ4v) is 2.61. The summed E-state index contributed by atoms with van der Waals surface area (Å²) in [4.78, 5) is 17.9. The van der Waals surface area contributed by atoms with Crippen molar-refractivity contribution >= 4 is 15.5 Å². The van der Waals surface area contributed by atoms with E-state index in [0.29, 0.717) is 5.82 Å². The first kappa shape index (κ1) is 10.8. The minimum absolute atomic E-state index is 0.00157. The lowest BCUT2D eigenvalue weighted by atomic mass is 10.5. The molecule has 0 aliphatic carbocycles. The molecule has 0 aromatic carbocycles. The van der Waals surface area contributed by atoms with Crippen molar-refractivity contribution in [2.24, 2.45) is 0 Å². The first-order chi connectivity index (χ1) is 7.30. The molecule has 2 aromatic rings. The quantitative estimate of drug-likeness (QED) is 0.722. The molecule has 0 saturated carbocycles.